The number of aromatic carboxylic acids is 1. The third-order valence-corrected chi connectivity index (χ3v) is 3.95. The predicted octanol–water partition coefficient (Wildman–Crippen LogP) is 3.20. The fourth-order valence-corrected chi connectivity index (χ4v) is 2.48. The van der Waals surface area contributed by atoms with Gasteiger partial charge in [-0.15, -0.1) is 0 Å². The zero-order valence-electron chi connectivity index (χ0n) is 11.5. The van der Waals surface area contributed by atoms with E-state index in [4.69, 9.17) is 9.84 Å². The van der Waals surface area contributed by atoms with Crippen molar-refractivity contribution in [1.29, 1.82) is 0 Å². The Kier molecular flexibility index (Phi) is 3.29. The molecule has 0 radical (unpaired) electrons. The number of phenols is 1. The van der Waals surface area contributed by atoms with Crippen molar-refractivity contribution in [1.82, 2.24) is 0 Å². The minimum absolute atomic E-state index is 0.114. The molecular formula is C17H16O4. The number of hydrogen-bond acceptors (Lipinski definition) is 3. The van der Waals surface area contributed by atoms with Crippen LogP contribution in [0.3, 0.4) is 0 Å². The Morgan fingerprint density at radius 1 is 1.10 bits per heavy atom. The van der Waals surface area contributed by atoms with E-state index < -0.39 is 5.97 Å². The Labute approximate surface area is 122 Å². The van der Waals surface area contributed by atoms with E-state index in [1.165, 1.54) is 12.1 Å². The minimum atomic E-state index is -0.950. The summed E-state index contributed by atoms with van der Waals surface area (Å²) in [6.07, 6.45) is 1.97. The second-order valence-corrected chi connectivity index (χ2v) is 5.42. The van der Waals surface area contributed by atoms with Gasteiger partial charge in [-0.3, -0.25) is 0 Å². The Balaban J connectivity index is 1.70. The highest BCUT2D eigenvalue weighted by Crippen LogP contribution is 2.51. The number of carbonyl (C=O) groups is 1. The van der Waals surface area contributed by atoms with E-state index in [0.29, 0.717) is 18.1 Å². The lowest BCUT2D eigenvalue weighted by Gasteiger charge is -2.18. The number of para-hydroxylation sites is 1. The van der Waals surface area contributed by atoms with Crippen LogP contribution in [-0.2, 0) is 5.41 Å². The van der Waals surface area contributed by atoms with Gasteiger partial charge in [0.15, 0.2) is 0 Å². The van der Waals surface area contributed by atoms with Crippen LogP contribution in [0.15, 0.2) is 48.5 Å². The molecule has 0 aromatic heterocycles. The first kappa shape index (κ1) is 13.5. The lowest BCUT2D eigenvalue weighted by molar-refractivity contribution is 0.0697. The predicted molar refractivity (Wildman–Crippen MR) is 77.9 cm³/mol. The van der Waals surface area contributed by atoms with Gasteiger partial charge in [0.2, 0.25) is 0 Å². The minimum Gasteiger partial charge on any atom is -0.508 e. The summed E-state index contributed by atoms with van der Waals surface area (Å²) in [5, 5.41) is 18.8. The van der Waals surface area contributed by atoms with Gasteiger partial charge >= 0.3 is 5.97 Å². The van der Waals surface area contributed by atoms with Crippen LogP contribution in [0, 0.1) is 0 Å². The fourth-order valence-electron chi connectivity index (χ4n) is 2.48. The molecule has 1 aliphatic carbocycles. The van der Waals surface area contributed by atoms with E-state index in [1.807, 2.05) is 12.1 Å². The lowest BCUT2D eigenvalue weighted by atomic mass is 9.96. The van der Waals surface area contributed by atoms with Gasteiger partial charge in [-0.25, -0.2) is 4.79 Å². The zero-order valence-corrected chi connectivity index (χ0v) is 11.5. The van der Waals surface area contributed by atoms with Gasteiger partial charge in [0.05, 0.1) is 12.2 Å². The summed E-state index contributed by atoms with van der Waals surface area (Å²) >= 11 is 0. The lowest BCUT2D eigenvalue weighted by Crippen LogP contribution is -2.17. The van der Waals surface area contributed by atoms with Crippen LogP contribution in [0.2, 0.25) is 0 Å². The second kappa shape index (κ2) is 5.13. The molecule has 2 N–H and O–H groups in total. The highest BCUT2D eigenvalue weighted by atomic mass is 16.5. The molecule has 0 bridgehead atoms. The van der Waals surface area contributed by atoms with Gasteiger partial charge in [-0.05, 0) is 43.2 Å². The Bertz CT molecular complexity index is 657. The van der Waals surface area contributed by atoms with Gasteiger partial charge in [-0.1, -0.05) is 18.2 Å². The van der Waals surface area contributed by atoms with Crippen molar-refractivity contribution in [3.8, 4) is 11.5 Å². The molecule has 4 heteroatoms. The van der Waals surface area contributed by atoms with Gasteiger partial charge in [0.25, 0.3) is 0 Å². The van der Waals surface area contributed by atoms with E-state index in [2.05, 4.69) is 0 Å². The van der Waals surface area contributed by atoms with Crippen molar-refractivity contribution in [3.05, 3.63) is 59.7 Å². The summed E-state index contributed by atoms with van der Waals surface area (Å²) < 4.78 is 5.77. The first-order valence-electron chi connectivity index (χ1n) is 6.85. The molecule has 0 heterocycles. The van der Waals surface area contributed by atoms with E-state index in [-0.39, 0.29) is 11.0 Å². The quantitative estimate of drug-likeness (QED) is 0.884. The first-order valence-corrected chi connectivity index (χ1v) is 6.85. The van der Waals surface area contributed by atoms with Crippen molar-refractivity contribution in [2.75, 3.05) is 6.61 Å². The van der Waals surface area contributed by atoms with Crippen molar-refractivity contribution < 1.29 is 19.7 Å². The number of rotatable bonds is 5. The maximum absolute atomic E-state index is 10.8. The molecule has 0 aliphatic heterocycles. The van der Waals surface area contributed by atoms with E-state index in [0.717, 1.165) is 18.4 Å². The summed E-state index contributed by atoms with van der Waals surface area (Å²) in [4.78, 5) is 10.8. The number of hydrogen-bond donors (Lipinski definition) is 2. The van der Waals surface area contributed by atoms with Crippen LogP contribution in [0.5, 0.6) is 11.5 Å². The third kappa shape index (κ3) is 2.70. The number of benzene rings is 2. The average molecular weight is 284 g/mol. The smallest absolute Gasteiger partial charge is 0.335 e. The molecule has 0 saturated heterocycles. The van der Waals surface area contributed by atoms with Crippen LogP contribution >= 0.6 is 0 Å². The maximum Gasteiger partial charge on any atom is 0.335 e. The van der Waals surface area contributed by atoms with Crippen molar-refractivity contribution in [2.45, 2.75) is 18.3 Å². The average Bonchev–Trinajstić information content (AvgIpc) is 3.27. The highest BCUT2D eigenvalue weighted by molar-refractivity contribution is 5.87. The van der Waals surface area contributed by atoms with Crippen molar-refractivity contribution in [2.24, 2.45) is 0 Å². The molecule has 3 rings (SSSR count). The molecule has 1 fully saturated rings. The SMILES string of the molecule is O=C(O)c1ccc(OCC2(c3ccccc3O)CC2)cc1. The number of ether oxygens (including phenoxy) is 1. The summed E-state index contributed by atoms with van der Waals surface area (Å²) in [6, 6.07) is 13.7. The molecule has 4 nitrogen and oxygen atoms in total. The Morgan fingerprint density at radius 2 is 1.76 bits per heavy atom. The molecule has 0 amide bonds. The van der Waals surface area contributed by atoms with E-state index in [1.54, 1.807) is 24.3 Å². The largest absolute Gasteiger partial charge is 0.508 e. The summed E-state index contributed by atoms with van der Waals surface area (Å²) in [5.41, 5.74) is 1.05. The summed E-state index contributed by atoms with van der Waals surface area (Å²) in [5.74, 6) is -0.00376. The molecule has 1 aliphatic rings. The number of phenolic OH excluding ortho intramolecular Hbond substituents is 1. The second-order valence-electron chi connectivity index (χ2n) is 5.42. The standard InChI is InChI=1S/C17H16O4/c18-15-4-2-1-3-14(15)17(9-10-17)11-21-13-7-5-12(6-8-13)16(19)20/h1-8,18H,9-11H2,(H,19,20). The summed E-state index contributed by atoms with van der Waals surface area (Å²) in [7, 11) is 0. The van der Waals surface area contributed by atoms with Gasteiger partial charge in [-0.2, -0.15) is 0 Å². The van der Waals surface area contributed by atoms with Crippen molar-refractivity contribution >= 4 is 5.97 Å². The van der Waals surface area contributed by atoms with E-state index in [9.17, 15) is 9.90 Å². The van der Waals surface area contributed by atoms with E-state index >= 15 is 0 Å². The van der Waals surface area contributed by atoms with Gasteiger partial charge < -0.3 is 14.9 Å². The van der Waals surface area contributed by atoms with Crippen molar-refractivity contribution in [3.63, 3.8) is 0 Å². The molecule has 0 atom stereocenters. The molecule has 2 aromatic carbocycles. The fraction of sp³-hybridized carbons (Fsp3) is 0.235. The van der Waals surface area contributed by atoms with Crippen LogP contribution in [0.25, 0.3) is 0 Å². The monoisotopic (exact) mass is 284 g/mol. The topological polar surface area (TPSA) is 66.8 Å². The van der Waals surface area contributed by atoms with Gasteiger partial charge in [0, 0.05) is 11.0 Å². The first-order chi connectivity index (χ1) is 10.1. The van der Waals surface area contributed by atoms with Crippen LogP contribution in [-0.4, -0.2) is 22.8 Å². The molecule has 1 saturated carbocycles. The zero-order chi connectivity index (χ0) is 14.9. The van der Waals surface area contributed by atoms with Crippen LogP contribution in [0.1, 0.15) is 28.8 Å². The number of aromatic hydroxyl groups is 1. The number of carboxylic acids is 1. The molecule has 21 heavy (non-hydrogen) atoms. The molecule has 0 unspecified atom stereocenters. The molecule has 108 valence electrons. The molecular weight excluding hydrogens is 268 g/mol. The Morgan fingerprint density at radius 3 is 2.33 bits per heavy atom. The molecule has 0 spiro atoms. The number of carboxylic acid groups (broad SMARTS) is 1. The van der Waals surface area contributed by atoms with Gasteiger partial charge in [0.1, 0.15) is 11.5 Å². The van der Waals surface area contributed by atoms with Crippen LogP contribution < -0.4 is 4.74 Å². The normalized spacial score (nSPS) is 15.4. The van der Waals surface area contributed by atoms with Crippen LogP contribution in [0.4, 0.5) is 0 Å². The molecule has 2 aromatic rings. The highest BCUT2D eigenvalue weighted by Gasteiger charge is 2.46. The maximum atomic E-state index is 10.8. The summed E-state index contributed by atoms with van der Waals surface area (Å²) in [6.45, 7) is 0.483. The third-order valence-electron chi connectivity index (χ3n) is 3.95. The Hall–Kier alpha value is -2.49.